The van der Waals surface area contributed by atoms with Crippen molar-refractivity contribution in [3.63, 3.8) is 0 Å². The second-order valence-electron chi connectivity index (χ2n) is 12.1. The molecule has 8 aromatic carbocycles. The molecule has 0 fully saturated rings. The number of benzene rings is 8. The number of hydrogen-bond donors (Lipinski definition) is 0. The van der Waals surface area contributed by atoms with Gasteiger partial charge in [0.05, 0.1) is 5.69 Å². The van der Waals surface area contributed by atoms with Crippen LogP contribution in [0.2, 0.25) is 0 Å². The van der Waals surface area contributed by atoms with E-state index in [1.54, 1.807) is 0 Å². The normalized spacial score (nSPS) is 11.3. The van der Waals surface area contributed by atoms with Crippen LogP contribution in [0.3, 0.4) is 0 Å². The molecule has 226 valence electrons. The van der Waals surface area contributed by atoms with Crippen molar-refractivity contribution < 1.29 is 4.42 Å². The van der Waals surface area contributed by atoms with Gasteiger partial charge in [-0.05, 0) is 75.0 Å². The maximum atomic E-state index is 6.44. The van der Waals surface area contributed by atoms with Gasteiger partial charge in [-0.3, -0.25) is 0 Å². The van der Waals surface area contributed by atoms with E-state index in [9.17, 15) is 0 Å². The Morgan fingerprint density at radius 2 is 0.917 bits per heavy atom. The molecule has 2 nitrogen and oxygen atoms in total. The highest BCUT2D eigenvalue weighted by atomic mass is 16.3. The highest BCUT2D eigenvalue weighted by Crippen LogP contribution is 2.47. The standard InChI is InChI=1S/C46H31NO/c1-4-14-32(15-5-1)38-27-25-36(30-42(38)33-16-6-2-7-17-33)47(37-26-28-41-40-22-12-13-23-44(40)48-45(41)31-37)43-29-24-34-18-10-11-21-39(34)46(43)35-19-8-3-9-20-35/h1-31H. The minimum Gasteiger partial charge on any atom is -0.456 e. The molecule has 1 heterocycles. The zero-order valence-electron chi connectivity index (χ0n) is 26.3. The van der Waals surface area contributed by atoms with Crippen LogP contribution in [0.4, 0.5) is 17.1 Å². The SMILES string of the molecule is c1ccc(-c2ccc(N(c3ccc4c(c3)oc3ccccc34)c3ccc4ccccc4c3-c3ccccc3)cc2-c2ccccc2)cc1. The van der Waals surface area contributed by atoms with Crippen molar-refractivity contribution in [3.05, 3.63) is 188 Å². The van der Waals surface area contributed by atoms with E-state index < -0.39 is 0 Å². The van der Waals surface area contributed by atoms with Crippen LogP contribution in [-0.2, 0) is 0 Å². The fourth-order valence-electron chi connectivity index (χ4n) is 7.03. The highest BCUT2D eigenvalue weighted by Gasteiger charge is 2.22. The topological polar surface area (TPSA) is 16.4 Å². The first-order valence-electron chi connectivity index (χ1n) is 16.4. The van der Waals surface area contributed by atoms with E-state index in [1.807, 2.05) is 12.1 Å². The number of fused-ring (bicyclic) bond motifs is 4. The van der Waals surface area contributed by atoms with Crippen LogP contribution >= 0.6 is 0 Å². The third kappa shape index (κ3) is 4.83. The van der Waals surface area contributed by atoms with E-state index in [0.717, 1.165) is 39.0 Å². The van der Waals surface area contributed by atoms with E-state index >= 15 is 0 Å². The molecule has 0 saturated heterocycles. The first-order valence-corrected chi connectivity index (χ1v) is 16.4. The summed E-state index contributed by atoms with van der Waals surface area (Å²) in [5, 5.41) is 4.65. The lowest BCUT2D eigenvalue weighted by Crippen LogP contribution is -2.12. The maximum Gasteiger partial charge on any atom is 0.137 e. The van der Waals surface area contributed by atoms with Crippen LogP contribution in [-0.4, -0.2) is 0 Å². The predicted octanol–water partition coefficient (Wildman–Crippen LogP) is 13.2. The number of furan rings is 1. The third-order valence-corrected chi connectivity index (χ3v) is 9.26. The molecule has 48 heavy (non-hydrogen) atoms. The van der Waals surface area contributed by atoms with E-state index in [0.29, 0.717) is 0 Å². The molecule has 0 amide bonds. The highest BCUT2D eigenvalue weighted by molar-refractivity contribution is 6.08. The molecule has 0 radical (unpaired) electrons. The third-order valence-electron chi connectivity index (χ3n) is 9.26. The number of anilines is 3. The molecule has 0 aliphatic heterocycles. The van der Waals surface area contributed by atoms with Crippen LogP contribution in [0.25, 0.3) is 66.1 Å². The van der Waals surface area contributed by atoms with E-state index in [1.165, 1.54) is 44.2 Å². The van der Waals surface area contributed by atoms with Gasteiger partial charge in [0, 0.05) is 33.8 Å². The zero-order valence-corrected chi connectivity index (χ0v) is 26.3. The smallest absolute Gasteiger partial charge is 0.137 e. The minimum atomic E-state index is 0.866. The van der Waals surface area contributed by atoms with Crippen LogP contribution in [0, 0.1) is 0 Å². The van der Waals surface area contributed by atoms with Crippen molar-refractivity contribution in [3.8, 4) is 33.4 Å². The van der Waals surface area contributed by atoms with Crippen LogP contribution in [0.5, 0.6) is 0 Å². The van der Waals surface area contributed by atoms with Gasteiger partial charge in [-0.25, -0.2) is 0 Å². The van der Waals surface area contributed by atoms with Gasteiger partial charge in [0.1, 0.15) is 11.2 Å². The Kier molecular flexibility index (Phi) is 6.84. The molecule has 9 rings (SSSR count). The van der Waals surface area contributed by atoms with Gasteiger partial charge in [-0.1, -0.05) is 146 Å². The number of rotatable bonds is 6. The molecule has 0 saturated carbocycles. The number of para-hydroxylation sites is 1. The van der Waals surface area contributed by atoms with E-state index in [2.05, 4.69) is 181 Å². The molecule has 2 heteroatoms. The monoisotopic (exact) mass is 613 g/mol. The Balaban J connectivity index is 1.35. The summed E-state index contributed by atoms with van der Waals surface area (Å²) in [7, 11) is 0. The molecule has 0 aliphatic carbocycles. The molecule has 0 aliphatic rings. The van der Waals surface area contributed by atoms with Crippen molar-refractivity contribution in [2.45, 2.75) is 0 Å². The Hall–Kier alpha value is -6.38. The molecule has 0 bridgehead atoms. The van der Waals surface area contributed by atoms with E-state index in [4.69, 9.17) is 4.42 Å². The molecule has 0 N–H and O–H groups in total. The Bertz CT molecular complexity index is 2550. The van der Waals surface area contributed by atoms with Gasteiger partial charge < -0.3 is 9.32 Å². The summed E-state index contributed by atoms with van der Waals surface area (Å²) in [5.74, 6) is 0. The summed E-state index contributed by atoms with van der Waals surface area (Å²) in [6.45, 7) is 0. The van der Waals surface area contributed by atoms with Crippen molar-refractivity contribution in [1.29, 1.82) is 0 Å². The summed E-state index contributed by atoms with van der Waals surface area (Å²) in [6.07, 6.45) is 0. The maximum absolute atomic E-state index is 6.44. The van der Waals surface area contributed by atoms with Crippen LogP contribution in [0.15, 0.2) is 192 Å². The molecule has 0 atom stereocenters. The van der Waals surface area contributed by atoms with Crippen LogP contribution < -0.4 is 4.90 Å². The lowest BCUT2D eigenvalue weighted by Gasteiger charge is -2.29. The second kappa shape index (κ2) is 11.8. The van der Waals surface area contributed by atoms with Gasteiger partial charge in [0.25, 0.3) is 0 Å². The molecule has 0 spiro atoms. The second-order valence-corrected chi connectivity index (χ2v) is 12.1. The van der Waals surface area contributed by atoms with E-state index in [-0.39, 0.29) is 0 Å². The fraction of sp³-hybridized carbons (Fsp3) is 0. The van der Waals surface area contributed by atoms with Crippen molar-refractivity contribution in [2.75, 3.05) is 4.90 Å². The molecule has 1 aromatic heterocycles. The summed E-state index contributed by atoms with van der Waals surface area (Å²) < 4.78 is 6.44. The summed E-state index contributed by atoms with van der Waals surface area (Å²) in [5.41, 5.74) is 12.0. The molecule has 9 aromatic rings. The summed E-state index contributed by atoms with van der Waals surface area (Å²) >= 11 is 0. The Labute approximate surface area is 279 Å². The Morgan fingerprint density at radius 3 is 1.67 bits per heavy atom. The lowest BCUT2D eigenvalue weighted by molar-refractivity contribution is 0.669. The molecular weight excluding hydrogens is 583 g/mol. The summed E-state index contributed by atoms with van der Waals surface area (Å²) in [6, 6.07) is 67.0. The first kappa shape index (κ1) is 27.9. The predicted molar refractivity (Wildman–Crippen MR) is 202 cm³/mol. The van der Waals surface area contributed by atoms with Crippen molar-refractivity contribution in [1.82, 2.24) is 0 Å². The van der Waals surface area contributed by atoms with Gasteiger partial charge in [0.15, 0.2) is 0 Å². The zero-order chi connectivity index (χ0) is 31.9. The fourth-order valence-corrected chi connectivity index (χ4v) is 7.03. The molecule has 0 unspecified atom stereocenters. The number of hydrogen-bond acceptors (Lipinski definition) is 2. The van der Waals surface area contributed by atoms with Crippen LogP contribution in [0.1, 0.15) is 0 Å². The Morgan fingerprint density at radius 1 is 0.354 bits per heavy atom. The lowest BCUT2D eigenvalue weighted by atomic mass is 9.92. The van der Waals surface area contributed by atoms with Crippen molar-refractivity contribution >= 4 is 49.8 Å². The minimum absolute atomic E-state index is 0.866. The van der Waals surface area contributed by atoms with Crippen molar-refractivity contribution in [2.24, 2.45) is 0 Å². The number of nitrogens with zero attached hydrogens (tertiary/aromatic N) is 1. The average Bonchev–Trinajstić information content (AvgIpc) is 3.54. The quantitative estimate of drug-likeness (QED) is 0.185. The average molecular weight is 614 g/mol. The largest absolute Gasteiger partial charge is 0.456 e. The molecular formula is C46H31NO. The van der Waals surface area contributed by atoms with Gasteiger partial charge in [-0.2, -0.15) is 0 Å². The van der Waals surface area contributed by atoms with Gasteiger partial charge in [0.2, 0.25) is 0 Å². The van der Waals surface area contributed by atoms with Gasteiger partial charge in [-0.15, -0.1) is 0 Å². The first-order chi connectivity index (χ1) is 23.8. The van der Waals surface area contributed by atoms with Gasteiger partial charge >= 0.3 is 0 Å². The summed E-state index contributed by atoms with van der Waals surface area (Å²) in [4.78, 5) is 2.39.